The van der Waals surface area contributed by atoms with Gasteiger partial charge in [-0.15, -0.1) is 0 Å². The lowest BCUT2D eigenvalue weighted by Crippen LogP contribution is -2.42. The number of hydrogen-bond donors (Lipinski definition) is 2. The lowest BCUT2D eigenvalue weighted by Gasteiger charge is -2.17. The molecule has 0 radical (unpaired) electrons. The first-order valence-corrected chi connectivity index (χ1v) is 10.1. The van der Waals surface area contributed by atoms with E-state index in [4.69, 9.17) is 4.74 Å². The Morgan fingerprint density at radius 1 is 0.750 bits per heavy atom. The number of rotatable bonds is 10. The van der Waals surface area contributed by atoms with Crippen molar-refractivity contribution in [2.45, 2.75) is 32.7 Å². The number of carbonyl (C=O) groups excluding carboxylic acids is 5. The summed E-state index contributed by atoms with van der Waals surface area (Å²) in [5.74, 6) is -1.55. The second kappa shape index (κ2) is 11.5. The fourth-order valence-electron chi connectivity index (χ4n) is 2.96. The minimum absolute atomic E-state index is 0.0809. The largest absolute Gasteiger partial charge is 0.467 e. The zero-order valence-corrected chi connectivity index (χ0v) is 18.3. The van der Waals surface area contributed by atoms with Crippen molar-refractivity contribution in [3.05, 3.63) is 70.8 Å². The Bertz CT molecular complexity index is 996. The molecule has 0 aliphatic rings. The van der Waals surface area contributed by atoms with Crippen LogP contribution in [0, 0.1) is 0 Å². The number of ketones is 2. The molecule has 8 heteroatoms. The van der Waals surface area contributed by atoms with Crippen molar-refractivity contribution < 1.29 is 28.7 Å². The predicted octanol–water partition coefficient (Wildman–Crippen LogP) is 2.57. The van der Waals surface area contributed by atoms with E-state index in [2.05, 4.69) is 10.6 Å². The molecular weight excluding hydrogens is 412 g/mol. The number of benzene rings is 2. The number of amides is 2. The van der Waals surface area contributed by atoms with Crippen LogP contribution in [0.4, 0.5) is 0 Å². The molecule has 1 unspecified atom stereocenters. The van der Waals surface area contributed by atoms with Crippen molar-refractivity contribution >= 4 is 29.4 Å². The van der Waals surface area contributed by atoms with Crippen LogP contribution in [0.25, 0.3) is 0 Å². The van der Waals surface area contributed by atoms with Gasteiger partial charge in [-0.1, -0.05) is 24.3 Å². The Balaban J connectivity index is 1.88. The van der Waals surface area contributed by atoms with Gasteiger partial charge in [0, 0.05) is 28.8 Å². The van der Waals surface area contributed by atoms with Gasteiger partial charge >= 0.3 is 5.97 Å². The van der Waals surface area contributed by atoms with E-state index >= 15 is 0 Å². The van der Waals surface area contributed by atoms with Gasteiger partial charge in [0.05, 0.1) is 7.11 Å². The molecule has 2 aromatic carbocycles. The molecule has 0 heterocycles. The van der Waals surface area contributed by atoms with Gasteiger partial charge in [0.1, 0.15) is 6.04 Å². The highest BCUT2D eigenvalue weighted by Crippen LogP contribution is 2.08. The van der Waals surface area contributed by atoms with Crippen molar-refractivity contribution in [1.82, 2.24) is 10.6 Å². The van der Waals surface area contributed by atoms with Gasteiger partial charge in [-0.25, -0.2) is 4.79 Å². The van der Waals surface area contributed by atoms with Crippen molar-refractivity contribution in [1.29, 1.82) is 0 Å². The molecule has 2 aromatic rings. The first kappa shape index (κ1) is 24.5. The van der Waals surface area contributed by atoms with Crippen LogP contribution in [0.15, 0.2) is 48.5 Å². The van der Waals surface area contributed by atoms with E-state index in [1.807, 2.05) is 0 Å². The van der Waals surface area contributed by atoms with Gasteiger partial charge in [0.2, 0.25) is 0 Å². The molecule has 0 spiro atoms. The molecule has 0 saturated heterocycles. The van der Waals surface area contributed by atoms with Gasteiger partial charge < -0.3 is 15.4 Å². The Kier molecular flexibility index (Phi) is 8.83. The van der Waals surface area contributed by atoms with Crippen molar-refractivity contribution in [2.24, 2.45) is 0 Å². The second-order valence-electron chi connectivity index (χ2n) is 7.21. The Hall–Kier alpha value is -3.81. The summed E-state index contributed by atoms with van der Waals surface area (Å²) in [4.78, 5) is 59.4. The Morgan fingerprint density at radius 2 is 1.19 bits per heavy atom. The van der Waals surface area contributed by atoms with Crippen LogP contribution in [-0.4, -0.2) is 49.0 Å². The van der Waals surface area contributed by atoms with Crippen LogP contribution in [0.2, 0.25) is 0 Å². The third kappa shape index (κ3) is 6.87. The van der Waals surface area contributed by atoms with Gasteiger partial charge in [-0.05, 0) is 51.0 Å². The molecule has 0 fully saturated rings. The highest BCUT2D eigenvalue weighted by Gasteiger charge is 2.22. The van der Waals surface area contributed by atoms with E-state index < -0.39 is 17.9 Å². The summed E-state index contributed by atoms with van der Waals surface area (Å²) >= 11 is 0. The summed E-state index contributed by atoms with van der Waals surface area (Å²) < 4.78 is 4.76. The molecule has 2 amide bonds. The number of esters is 1. The fourth-order valence-corrected chi connectivity index (χ4v) is 2.96. The first-order valence-electron chi connectivity index (χ1n) is 10.1. The van der Waals surface area contributed by atoms with Crippen LogP contribution in [0.3, 0.4) is 0 Å². The molecule has 0 aromatic heterocycles. The quantitative estimate of drug-likeness (QED) is 0.334. The number of ether oxygens (including phenoxy) is 1. The number of methoxy groups -OCH3 is 1. The second-order valence-corrected chi connectivity index (χ2v) is 7.21. The molecule has 8 nitrogen and oxygen atoms in total. The van der Waals surface area contributed by atoms with Crippen LogP contribution >= 0.6 is 0 Å². The summed E-state index contributed by atoms with van der Waals surface area (Å²) in [6.07, 6.45) is 0.675. The standard InChI is InChI=1S/C24H26N2O6/c1-15(27)17-6-10-19(11-7-17)22(29)25-14-4-5-21(24(31)32-3)26-23(30)20-12-8-18(9-13-20)16(2)28/h6-13,21H,4-5,14H2,1-3H3,(H,25,29)(H,26,30). The summed E-state index contributed by atoms with van der Waals surface area (Å²) in [7, 11) is 1.23. The molecule has 2 N–H and O–H groups in total. The van der Waals surface area contributed by atoms with Crippen molar-refractivity contribution in [2.75, 3.05) is 13.7 Å². The third-order valence-electron chi connectivity index (χ3n) is 4.85. The molecule has 2 rings (SSSR count). The maximum Gasteiger partial charge on any atom is 0.328 e. The zero-order chi connectivity index (χ0) is 23.7. The molecule has 32 heavy (non-hydrogen) atoms. The topological polar surface area (TPSA) is 119 Å². The summed E-state index contributed by atoms with van der Waals surface area (Å²) in [5, 5.41) is 5.37. The number of nitrogens with one attached hydrogen (secondary N) is 2. The molecule has 0 aliphatic carbocycles. The van der Waals surface area contributed by atoms with Crippen LogP contribution in [0.5, 0.6) is 0 Å². The monoisotopic (exact) mass is 438 g/mol. The van der Waals surface area contributed by atoms with E-state index in [-0.39, 0.29) is 30.4 Å². The number of Topliss-reactive ketones (excluding diaryl/α,β-unsaturated/α-hetero) is 2. The highest BCUT2D eigenvalue weighted by molar-refractivity contribution is 5.99. The summed E-state index contributed by atoms with van der Waals surface area (Å²) in [5.41, 5.74) is 1.74. The normalized spacial score (nSPS) is 11.2. The van der Waals surface area contributed by atoms with Crippen molar-refractivity contribution in [3.63, 3.8) is 0 Å². The molecule has 0 aliphatic heterocycles. The fraction of sp³-hybridized carbons (Fsp3) is 0.292. The van der Waals surface area contributed by atoms with Crippen LogP contribution in [-0.2, 0) is 9.53 Å². The van der Waals surface area contributed by atoms with E-state index in [1.165, 1.54) is 33.1 Å². The summed E-state index contributed by atoms with van der Waals surface area (Å²) in [6, 6.07) is 11.5. The minimum atomic E-state index is -0.883. The number of hydrogen-bond acceptors (Lipinski definition) is 6. The van der Waals surface area contributed by atoms with E-state index in [0.29, 0.717) is 28.7 Å². The van der Waals surface area contributed by atoms with Gasteiger partial charge in [0.15, 0.2) is 11.6 Å². The van der Waals surface area contributed by atoms with Crippen LogP contribution in [0.1, 0.15) is 68.1 Å². The maximum absolute atomic E-state index is 12.5. The smallest absolute Gasteiger partial charge is 0.328 e. The average molecular weight is 438 g/mol. The summed E-state index contributed by atoms with van der Waals surface area (Å²) in [6.45, 7) is 3.17. The predicted molar refractivity (Wildman–Crippen MR) is 118 cm³/mol. The molecular formula is C24H26N2O6. The molecule has 1 atom stereocenters. The van der Waals surface area contributed by atoms with Gasteiger partial charge in [0.25, 0.3) is 11.8 Å². The van der Waals surface area contributed by atoms with E-state index in [0.717, 1.165) is 0 Å². The average Bonchev–Trinajstić information content (AvgIpc) is 2.80. The Morgan fingerprint density at radius 3 is 1.62 bits per heavy atom. The molecule has 168 valence electrons. The maximum atomic E-state index is 12.5. The van der Waals surface area contributed by atoms with Crippen LogP contribution < -0.4 is 10.6 Å². The molecule has 0 saturated carbocycles. The first-order chi connectivity index (χ1) is 15.2. The third-order valence-corrected chi connectivity index (χ3v) is 4.85. The zero-order valence-electron chi connectivity index (χ0n) is 18.3. The van der Waals surface area contributed by atoms with E-state index in [9.17, 15) is 24.0 Å². The van der Waals surface area contributed by atoms with Gasteiger partial charge in [-0.2, -0.15) is 0 Å². The highest BCUT2D eigenvalue weighted by atomic mass is 16.5. The SMILES string of the molecule is COC(=O)C(CCCNC(=O)c1ccc(C(C)=O)cc1)NC(=O)c1ccc(C(C)=O)cc1. The minimum Gasteiger partial charge on any atom is -0.467 e. The Labute approximate surface area is 186 Å². The van der Waals surface area contributed by atoms with Crippen molar-refractivity contribution in [3.8, 4) is 0 Å². The lowest BCUT2D eigenvalue weighted by atomic mass is 10.1. The van der Waals surface area contributed by atoms with E-state index in [1.54, 1.807) is 36.4 Å². The van der Waals surface area contributed by atoms with Gasteiger partial charge in [-0.3, -0.25) is 19.2 Å². The number of carbonyl (C=O) groups is 5. The molecule has 0 bridgehead atoms. The lowest BCUT2D eigenvalue weighted by molar-refractivity contribution is -0.143.